The van der Waals surface area contributed by atoms with E-state index in [9.17, 15) is 22.8 Å². The summed E-state index contributed by atoms with van der Waals surface area (Å²) in [6.45, 7) is 2.91. The monoisotopic (exact) mass is 556 g/mol. The summed E-state index contributed by atoms with van der Waals surface area (Å²) in [6, 6.07) is 6.59. The van der Waals surface area contributed by atoms with E-state index in [2.05, 4.69) is 15.7 Å². The van der Waals surface area contributed by atoms with Gasteiger partial charge in [-0.25, -0.2) is 9.80 Å². The van der Waals surface area contributed by atoms with Gasteiger partial charge in [0.2, 0.25) is 5.91 Å². The third-order valence-electron chi connectivity index (χ3n) is 7.13. The van der Waals surface area contributed by atoms with E-state index in [4.69, 9.17) is 4.74 Å². The van der Waals surface area contributed by atoms with Gasteiger partial charge in [-0.15, -0.1) is 0 Å². The minimum Gasteiger partial charge on any atom is -0.378 e. The van der Waals surface area contributed by atoms with Crippen molar-refractivity contribution in [1.82, 2.24) is 25.9 Å². The van der Waals surface area contributed by atoms with Crippen LogP contribution in [0.15, 0.2) is 71.1 Å². The molecule has 1 fully saturated rings. The number of carbonyl (C=O) groups excluding carboxylic acids is 2. The number of amides is 3. The molecule has 1 aromatic carbocycles. The van der Waals surface area contributed by atoms with E-state index in [0.29, 0.717) is 32.7 Å². The Morgan fingerprint density at radius 1 is 1.15 bits per heavy atom. The molecule has 0 spiro atoms. The predicted octanol–water partition coefficient (Wildman–Crippen LogP) is 3.22. The molecular weight excluding hydrogens is 525 g/mol. The first-order valence-electron chi connectivity index (χ1n) is 13.2. The molecule has 5 rings (SSSR count). The van der Waals surface area contributed by atoms with Gasteiger partial charge in [0.05, 0.1) is 37.1 Å². The lowest BCUT2D eigenvalue weighted by atomic mass is 9.96. The molecule has 1 saturated heterocycles. The third kappa shape index (κ3) is 6.39. The van der Waals surface area contributed by atoms with Crippen LogP contribution in [-0.4, -0.2) is 79.3 Å². The number of carbonyl (C=O) groups is 2. The van der Waals surface area contributed by atoms with Crippen LogP contribution in [0.5, 0.6) is 0 Å². The summed E-state index contributed by atoms with van der Waals surface area (Å²) in [5.41, 5.74) is 4.42. The average Bonchev–Trinajstić information content (AvgIpc) is 3.39. The fourth-order valence-electron chi connectivity index (χ4n) is 4.95. The van der Waals surface area contributed by atoms with Gasteiger partial charge in [-0.3, -0.25) is 4.79 Å². The molecule has 212 valence electrons. The van der Waals surface area contributed by atoms with Crippen molar-refractivity contribution in [2.75, 3.05) is 32.8 Å². The minimum atomic E-state index is -4.47. The molecule has 40 heavy (non-hydrogen) atoms. The lowest BCUT2D eigenvalue weighted by Crippen LogP contribution is -2.45. The van der Waals surface area contributed by atoms with Crippen molar-refractivity contribution >= 4 is 23.7 Å². The standard InChI is InChI=1S/C28H31F3N6O3/c1-18(26(38)36-9-11-40-12-10-36)19-5-7-20(8-6-19)22-14-25-32-16-24(37(25)34-15-22)21-3-2-4-23(13-21)35-27(39)33-17-28(29,30)31/h2-3,5-8,13-16,18,23,25,32H,4,9-12,17H2,1H3,(H2,33,35,39). The number of rotatable bonds is 6. The number of hydrogen-bond donors (Lipinski definition) is 3. The van der Waals surface area contributed by atoms with Gasteiger partial charge in [0.15, 0.2) is 0 Å². The van der Waals surface area contributed by atoms with E-state index in [1.807, 2.05) is 70.8 Å². The second-order valence-electron chi connectivity index (χ2n) is 9.94. The fourth-order valence-corrected chi connectivity index (χ4v) is 4.95. The minimum absolute atomic E-state index is 0.101. The summed E-state index contributed by atoms with van der Waals surface area (Å²) in [5, 5.41) is 14.1. The van der Waals surface area contributed by atoms with Crippen LogP contribution >= 0.6 is 0 Å². The number of morpholine rings is 1. The van der Waals surface area contributed by atoms with Crippen LogP contribution in [0.1, 0.15) is 30.4 Å². The Hall–Kier alpha value is -4.06. The summed E-state index contributed by atoms with van der Waals surface area (Å²) in [6.07, 6.45) is 6.96. The van der Waals surface area contributed by atoms with Crippen LogP contribution in [-0.2, 0) is 9.53 Å². The van der Waals surface area contributed by atoms with Crippen LogP contribution in [0.2, 0.25) is 0 Å². The molecule has 0 radical (unpaired) electrons. The van der Waals surface area contributed by atoms with E-state index in [-0.39, 0.29) is 18.0 Å². The van der Waals surface area contributed by atoms with Gasteiger partial charge < -0.3 is 25.6 Å². The van der Waals surface area contributed by atoms with Gasteiger partial charge >= 0.3 is 12.2 Å². The normalized spacial score (nSPS) is 22.9. The van der Waals surface area contributed by atoms with Crippen molar-refractivity contribution in [3.8, 4) is 0 Å². The molecule has 0 saturated carbocycles. The molecule has 3 N–H and O–H groups in total. The maximum atomic E-state index is 12.9. The molecule has 3 unspecified atom stereocenters. The summed E-state index contributed by atoms with van der Waals surface area (Å²) < 4.78 is 42.5. The zero-order valence-corrected chi connectivity index (χ0v) is 21.9. The van der Waals surface area contributed by atoms with Gasteiger partial charge in [0, 0.05) is 24.9 Å². The van der Waals surface area contributed by atoms with Gasteiger partial charge in [0.1, 0.15) is 12.7 Å². The van der Waals surface area contributed by atoms with Crippen molar-refractivity contribution in [2.24, 2.45) is 5.10 Å². The van der Waals surface area contributed by atoms with Gasteiger partial charge in [-0.05, 0) is 36.1 Å². The first kappa shape index (κ1) is 27.5. The second kappa shape index (κ2) is 11.6. The van der Waals surface area contributed by atoms with E-state index in [0.717, 1.165) is 28.0 Å². The molecule has 3 heterocycles. The summed E-state index contributed by atoms with van der Waals surface area (Å²) in [7, 11) is 0. The van der Waals surface area contributed by atoms with Crippen molar-refractivity contribution in [1.29, 1.82) is 0 Å². The van der Waals surface area contributed by atoms with Crippen LogP contribution in [0.25, 0.3) is 5.57 Å². The molecule has 3 atom stereocenters. The number of hydrazone groups is 1. The van der Waals surface area contributed by atoms with Crippen LogP contribution in [0.4, 0.5) is 18.0 Å². The Kier molecular flexibility index (Phi) is 7.97. The van der Waals surface area contributed by atoms with E-state index in [1.165, 1.54) is 0 Å². The van der Waals surface area contributed by atoms with E-state index in [1.54, 1.807) is 12.3 Å². The Balaban J connectivity index is 1.20. The summed E-state index contributed by atoms with van der Waals surface area (Å²) in [5.74, 6) is -0.143. The molecular formula is C28H31F3N6O3. The Labute approximate surface area is 230 Å². The van der Waals surface area contributed by atoms with Gasteiger partial charge in [0.25, 0.3) is 0 Å². The van der Waals surface area contributed by atoms with Gasteiger partial charge in [-0.2, -0.15) is 18.3 Å². The quantitative estimate of drug-likeness (QED) is 0.500. The summed E-state index contributed by atoms with van der Waals surface area (Å²) >= 11 is 0. The lowest BCUT2D eigenvalue weighted by Gasteiger charge is -2.29. The lowest BCUT2D eigenvalue weighted by molar-refractivity contribution is -0.136. The maximum absolute atomic E-state index is 12.9. The predicted molar refractivity (Wildman–Crippen MR) is 144 cm³/mol. The molecule has 0 bridgehead atoms. The smallest absolute Gasteiger partial charge is 0.378 e. The zero-order chi connectivity index (χ0) is 28.3. The highest BCUT2D eigenvalue weighted by Gasteiger charge is 2.31. The fraction of sp³-hybridized carbons (Fsp3) is 0.393. The first-order valence-corrected chi connectivity index (χ1v) is 13.2. The molecule has 0 aromatic heterocycles. The summed E-state index contributed by atoms with van der Waals surface area (Å²) in [4.78, 5) is 26.6. The largest absolute Gasteiger partial charge is 0.405 e. The number of urea groups is 1. The molecule has 4 aliphatic rings. The van der Waals surface area contributed by atoms with E-state index >= 15 is 0 Å². The molecule has 3 amide bonds. The van der Waals surface area contributed by atoms with Crippen molar-refractivity contribution < 1.29 is 27.5 Å². The number of alkyl halides is 3. The Bertz CT molecular complexity index is 1280. The number of ether oxygens (including phenoxy) is 1. The molecule has 1 aliphatic carbocycles. The average molecular weight is 557 g/mol. The van der Waals surface area contributed by atoms with Gasteiger partial charge in [-0.1, -0.05) is 42.5 Å². The van der Waals surface area contributed by atoms with Crippen molar-refractivity contribution in [3.05, 3.63) is 77.2 Å². The zero-order valence-electron chi connectivity index (χ0n) is 21.9. The van der Waals surface area contributed by atoms with Crippen molar-refractivity contribution in [3.63, 3.8) is 0 Å². The number of hydrogen-bond acceptors (Lipinski definition) is 6. The number of nitrogens with zero attached hydrogens (tertiary/aromatic N) is 3. The van der Waals surface area contributed by atoms with Crippen LogP contribution in [0.3, 0.4) is 0 Å². The second-order valence-corrected chi connectivity index (χ2v) is 9.94. The topological polar surface area (TPSA) is 98.3 Å². The molecule has 1 aromatic rings. The molecule has 9 nitrogen and oxygen atoms in total. The Morgan fingerprint density at radius 2 is 1.90 bits per heavy atom. The molecule has 3 aliphatic heterocycles. The number of nitrogens with one attached hydrogen (secondary N) is 3. The highest BCUT2D eigenvalue weighted by molar-refractivity contribution is 6.10. The highest BCUT2D eigenvalue weighted by atomic mass is 19.4. The number of halogens is 3. The number of fused-ring (bicyclic) bond motifs is 1. The van der Waals surface area contributed by atoms with Crippen molar-refractivity contribution in [2.45, 2.75) is 37.6 Å². The number of benzene rings is 1. The van der Waals surface area contributed by atoms with Crippen LogP contribution in [0, 0.1) is 0 Å². The molecule has 12 heteroatoms. The highest BCUT2D eigenvalue weighted by Crippen LogP contribution is 2.31. The van der Waals surface area contributed by atoms with Crippen LogP contribution < -0.4 is 16.0 Å². The maximum Gasteiger partial charge on any atom is 0.405 e. The Morgan fingerprint density at radius 3 is 2.62 bits per heavy atom. The third-order valence-corrected chi connectivity index (χ3v) is 7.13. The van der Waals surface area contributed by atoms with E-state index < -0.39 is 24.8 Å². The number of allylic oxidation sites excluding steroid dienone is 2. The SMILES string of the molecule is CC(C(=O)N1CCOCC1)c1ccc(C2=CC3NC=C(C4=CC(NC(=O)NCC(F)(F)F)CC=C4)N3N=C2)cc1. The first-order chi connectivity index (χ1) is 19.2.